The zero-order chi connectivity index (χ0) is 23.9. The molecule has 0 heterocycles. The van der Waals surface area contributed by atoms with Gasteiger partial charge in [-0.15, -0.1) is 0 Å². The number of carbonyl (C=O) groups excluding carboxylic acids is 2. The van der Waals surface area contributed by atoms with Gasteiger partial charge in [-0.25, -0.2) is 0 Å². The maximum absolute atomic E-state index is 13.1. The largest absolute Gasteiger partial charge is 0.356 e. The monoisotopic (exact) mass is 462 g/mol. The number of rotatable bonds is 19. The van der Waals surface area contributed by atoms with Crippen LogP contribution in [-0.4, -0.2) is 39.8 Å². The first kappa shape index (κ1) is 30.2. The van der Waals surface area contributed by atoms with Gasteiger partial charge in [-0.05, 0) is 31.6 Å². The first-order chi connectivity index (χ1) is 14.6. The van der Waals surface area contributed by atoms with Crippen molar-refractivity contribution in [3.05, 3.63) is 0 Å². The van der Waals surface area contributed by atoms with Gasteiger partial charge in [-0.2, -0.15) is 0 Å². The van der Waals surface area contributed by atoms with Crippen LogP contribution in [0, 0.1) is 11.8 Å². The van der Waals surface area contributed by atoms with E-state index >= 15 is 0 Å². The highest BCUT2D eigenvalue weighted by molar-refractivity contribution is 7.52. The summed E-state index contributed by atoms with van der Waals surface area (Å²) in [7, 11) is -4.35. The highest BCUT2D eigenvalue weighted by Gasteiger charge is 2.33. The molecule has 0 aromatic carbocycles. The van der Waals surface area contributed by atoms with E-state index in [0.29, 0.717) is 19.4 Å². The normalized spacial score (nSPS) is 15.0. The summed E-state index contributed by atoms with van der Waals surface area (Å²) in [6.07, 6.45) is 8.71. The predicted octanol–water partition coefficient (Wildman–Crippen LogP) is 4.76. The standard InChI is InChI=1S/C23H47N2O5P/c1-6-9-11-13-15-24-23(27)19(14-12-10-7-2)17-21(26)20(16-18(4)5)25-22(8-3)31(28,29)30/h18-20,22,25H,6-17H2,1-5H3,(H,24,27)(H2,28,29,30)/t19-,20+,22-/m1/s1. The first-order valence-electron chi connectivity index (χ1n) is 12.2. The van der Waals surface area contributed by atoms with Crippen LogP contribution in [0.2, 0.25) is 0 Å². The zero-order valence-electron chi connectivity index (χ0n) is 20.4. The fourth-order valence-corrected chi connectivity index (χ4v) is 4.56. The number of hydrogen-bond acceptors (Lipinski definition) is 4. The van der Waals surface area contributed by atoms with Gasteiger partial charge in [-0.1, -0.05) is 73.1 Å². The molecule has 184 valence electrons. The summed E-state index contributed by atoms with van der Waals surface area (Å²) < 4.78 is 11.8. The summed E-state index contributed by atoms with van der Waals surface area (Å²) in [4.78, 5) is 45.1. The molecule has 0 saturated heterocycles. The van der Waals surface area contributed by atoms with Gasteiger partial charge in [0.05, 0.1) is 6.04 Å². The van der Waals surface area contributed by atoms with E-state index in [1.54, 1.807) is 6.92 Å². The van der Waals surface area contributed by atoms with Crippen LogP contribution in [0.1, 0.15) is 105 Å². The van der Waals surface area contributed by atoms with Crippen LogP contribution in [0.5, 0.6) is 0 Å². The molecule has 0 aromatic heterocycles. The maximum atomic E-state index is 13.1. The third-order valence-electron chi connectivity index (χ3n) is 5.59. The van der Waals surface area contributed by atoms with Crippen LogP contribution in [0.4, 0.5) is 0 Å². The van der Waals surface area contributed by atoms with E-state index in [0.717, 1.165) is 44.9 Å². The zero-order valence-corrected chi connectivity index (χ0v) is 21.3. The Morgan fingerprint density at radius 1 is 0.935 bits per heavy atom. The van der Waals surface area contributed by atoms with E-state index in [1.165, 1.54) is 0 Å². The average molecular weight is 463 g/mol. The van der Waals surface area contributed by atoms with Gasteiger partial charge in [0.25, 0.3) is 0 Å². The van der Waals surface area contributed by atoms with Crippen LogP contribution in [-0.2, 0) is 14.2 Å². The molecule has 7 nitrogen and oxygen atoms in total. The minimum atomic E-state index is -4.35. The molecule has 3 atom stereocenters. The minimum absolute atomic E-state index is 0.0775. The van der Waals surface area contributed by atoms with Gasteiger partial charge in [0.2, 0.25) is 5.91 Å². The molecule has 0 bridgehead atoms. The molecule has 0 aliphatic carbocycles. The van der Waals surface area contributed by atoms with E-state index < -0.39 is 25.3 Å². The smallest absolute Gasteiger partial charge is 0.342 e. The molecule has 0 aliphatic rings. The van der Waals surface area contributed by atoms with Gasteiger partial charge in [0.1, 0.15) is 5.78 Å². The quantitative estimate of drug-likeness (QED) is 0.163. The van der Waals surface area contributed by atoms with Crippen LogP contribution < -0.4 is 10.6 Å². The molecule has 8 heteroatoms. The lowest BCUT2D eigenvalue weighted by atomic mass is 9.89. The van der Waals surface area contributed by atoms with Crippen molar-refractivity contribution in [2.75, 3.05) is 6.54 Å². The third kappa shape index (κ3) is 14.1. The first-order valence-corrected chi connectivity index (χ1v) is 13.9. The molecule has 0 saturated carbocycles. The molecular weight excluding hydrogens is 415 g/mol. The van der Waals surface area contributed by atoms with Gasteiger partial charge in [0, 0.05) is 18.9 Å². The van der Waals surface area contributed by atoms with Crippen molar-refractivity contribution in [1.82, 2.24) is 10.6 Å². The summed E-state index contributed by atoms with van der Waals surface area (Å²) in [5.74, 6) is -1.47. The summed E-state index contributed by atoms with van der Waals surface area (Å²) in [6, 6.07) is -0.663. The number of hydrogen-bond donors (Lipinski definition) is 4. The van der Waals surface area contributed by atoms with Crippen molar-refractivity contribution >= 4 is 19.3 Å². The Morgan fingerprint density at radius 2 is 1.55 bits per heavy atom. The summed E-state index contributed by atoms with van der Waals surface area (Å²) in [5.41, 5.74) is 0. The molecule has 0 aliphatic heterocycles. The average Bonchev–Trinajstić information content (AvgIpc) is 2.68. The van der Waals surface area contributed by atoms with Crippen LogP contribution in [0.25, 0.3) is 0 Å². The molecule has 0 fully saturated rings. The van der Waals surface area contributed by atoms with Gasteiger partial charge < -0.3 is 15.1 Å². The van der Waals surface area contributed by atoms with Gasteiger partial charge >= 0.3 is 7.60 Å². The van der Waals surface area contributed by atoms with Crippen LogP contribution in [0.3, 0.4) is 0 Å². The second-order valence-corrected chi connectivity index (χ2v) is 10.9. The number of Topliss-reactive ketones (excluding diaryl/α,β-unsaturated/α-hetero) is 1. The highest BCUT2D eigenvalue weighted by atomic mass is 31.2. The molecule has 0 radical (unpaired) electrons. The minimum Gasteiger partial charge on any atom is -0.356 e. The van der Waals surface area contributed by atoms with E-state index in [2.05, 4.69) is 24.5 Å². The highest BCUT2D eigenvalue weighted by Crippen LogP contribution is 2.41. The fraction of sp³-hybridized carbons (Fsp3) is 0.913. The van der Waals surface area contributed by atoms with Gasteiger partial charge in [-0.3, -0.25) is 19.5 Å². The Morgan fingerprint density at radius 3 is 2.06 bits per heavy atom. The summed E-state index contributed by atoms with van der Waals surface area (Å²) in [5, 5.41) is 5.90. The molecule has 4 N–H and O–H groups in total. The van der Waals surface area contributed by atoms with Gasteiger partial charge in [0.15, 0.2) is 5.78 Å². The van der Waals surface area contributed by atoms with Crippen LogP contribution in [0.15, 0.2) is 0 Å². The fourth-order valence-electron chi connectivity index (χ4n) is 3.71. The number of nitrogens with one attached hydrogen (secondary N) is 2. The Bertz CT molecular complexity index is 550. The number of amides is 1. The van der Waals surface area contributed by atoms with E-state index in [4.69, 9.17) is 0 Å². The number of ketones is 1. The second kappa shape index (κ2) is 16.8. The summed E-state index contributed by atoms with van der Waals surface area (Å²) in [6.45, 7) is 10.5. The number of carbonyl (C=O) groups is 2. The molecule has 1 amide bonds. The Hall–Kier alpha value is -0.750. The molecule has 0 rings (SSSR count). The molecule has 0 aromatic rings. The van der Waals surface area contributed by atoms with E-state index in [1.807, 2.05) is 13.8 Å². The molecule has 31 heavy (non-hydrogen) atoms. The Labute approximate surface area is 189 Å². The van der Waals surface area contributed by atoms with E-state index in [-0.39, 0.29) is 30.4 Å². The molecule has 0 spiro atoms. The van der Waals surface area contributed by atoms with Crippen LogP contribution >= 0.6 is 7.60 Å². The molecular formula is C23H47N2O5P. The second-order valence-electron chi connectivity index (χ2n) is 9.08. The topological polar surface area (TPSA) is 116 Å². The van der Waals surface area contributed by atoms with Crippen molar-refractivity contribution < 1.29 is 23.9 Å². The predicted molar refractivity (Wildman–Crippen MR) is 127 cm³/mol. The Balaban J connectivity index is 5.17. The lowest BCUT2D eigenvalue weighted by Crippen LogP contribution is -2.45. The van der Waals surface area contributed by atoms with Crippen molar-refractivity contribution in [1.29, 1.82) is 0 Å². The lowest BCUT2D eigenvalue weighted by molar-refractivity contribution is -0.130. The molecule has 0 unspecified atom stereocenters. The van der Waals surface area contributed by atoms with Crippen molar-refractivity contribution in [2.24, 2.45) is 11.8 Å². The number of unbranched alkanes of at least 4 members (excludes halogenated alkanes) is 5. The third-order valence-corrected chi connectivity index (χ3v) is 6.91. The SMILES string of the molecule is CCCCCCNC(=O)[C@H](CCCCC)CC(=O)[C@H](CC(C)C)N[C@@H](CC)P(=O)(O)O. The maximum Gasteiger partial charge on any atom is 0.342 e. The van der Waals surface area contributed by atoms with Crippen molar-refractivity contribution in [2.45, 2.75) is 117 Å². The Kier molecular flexibility index (Phi) is 16.4. The van der Waals surface area contributed by atoms with Crippen molar-refractivity contribution in [3.63, 3.8) is 0 Å². The summed E-state index contributed by atoms with van der Waals surface area (Å²) >= 11 is 0. The lowest BCUT2D eigenvalue weighted by Gasteiger charge is -2.27. The van der Waals surface area contributed by atoms with E-state index in [9.17, 15) is 23.9 Å². The van der Waals surface area contributed by atoms with Crippen molar-refractivity contribution in [3.8, 4) is 0 Å².